The smallest absolute Gasteiger partial charge is 0.326 e. The molecule has 0 aliphatic heterocycles. The van der Waals surface area contributed by atoms with E-state index in [1.807, 2.05) is 6.92 Å². The fourth-order valence-corrected chi connectivity index (χ4v) is 1.10. The van der Waals surface area contributed by atoms with E-state index in [9.17, 15) is 4.79 Å². The number of halogens is 1. The Hall–Kier alpha value is -0.240. The summed E-state index contributed by atoms with van der Waals surface area (Å²) in [6.45, 7) is 5.84. The summed E-state index contributed by atoms with van der Waals surface area (Å²) in [5.74, 6) is -0.316. The van der Waals surface area contributed by atoms with Crippen LogP contribution in [-0.2, 0) is 9.53 Å². The zero-order valence-corrected chi connectivity index (χ0v) is 8.07. The van der Waals surface area contributed by atoms with Crippen molar-refractivity contribution in [3.63, 3.8) is 0 Å². The Labute approximate surface area is 72.9 Å². The molecule has 0 aliphatic carbocycles. The standard InChI is InChI=1S/C8H15ClO2/c1-4-6-8(3,9)7(10)11-5-2/h4-6H2,1-3H3. The van der Waals surface area contributed by atoms with E-state index >= 15 is 0 Å². The van der Waals surface area contributed by atoms with Crippen LogP contribution in [0.3, 0.4) is 0 Å². The predicted molar refractivity (Wildman–Crippen MR) is 45.8 cm³/mol. The van der Waals surface area contributed by atoms with E-state index in [1.165, 1.54) is 0 Å². The fraction of sp³-hybridized carbons (Fsp3) is 0.875. The van der Waals surface area contributed by atoms with Crippen molar-refractivity contribution >= 4 is 17.6 Å². The minimum atomic E-state index is -0.829. The molecular weight excluding hydrogens is 164 g/mol. The van der Waals surface area contributed by atoms with Crippen molar-refractivity contribution in [3.05, 3.63) is 0 Å². The first kappa shape index (κ1) is 10.8. The van der Waals surface area contributed by atoms with Gasteiger partial charge in [-0.25, -0.2) is 0 Å². The van der Waals surface area contributed by atoms with E-state index in [0.717, 1.165) is 6.42 Å². The fourth-order valence-electron chi connectivity index (χ4n) is 0.853. The van der Waals surface area contributed by atoms with Crippen molar-refractivity contribution in [2.24, 2.45) is 0 Å². The molecule has 0 aliphatic rings. The van der Waals surface area contributed by atoms with Crippen molar-refractivity contribution in [2.45, 2.75) is 38.5 Å². The maximum Gasteiger partial charge on any atom is 0.326 e. The number of alkyl halides is 1. The maximum absolute atomic E-state index is 11.1. The van der Waals surface area contributed by atoms with Crippen LogP contribution in [0.1, 0.15) is 33.6 Å². The third-order valence-corrected chi connectivity index (χ3v) is 1.76. The average molecular weight is 179 g/mol. The zero-order chi connectivity index (χ0) is 8.91. The van der Waals surface area contributed by atoms with Gasteiger partial charge in [-0.1, -0.05) is 13.3 Å². The maximum atomic E-state index is 11.1. The van der Waals surface area contributed by atoms with Crippen LogP contribution in [0.4, 0.5) is 0 Å². The molecule has 0 bridgehead atoms. The molecule has 0 amide bonds. The SMILES string of the molecule is CCCC(C)(Cl)C(=O)OCC. The van der Waals surface area contributed by atoms with Gasteiger partial charge in [-0.05, 0) is 20.3 Å². The van der Waals surface area contributed by atoms with Crippen molar-refractivity contribution in [2.75, 3.05) is 6.61 Å². The molecule has 11 heavy (non-hydrogen) atoms. The summed E-state index contributed by atoms with van der Waals surface area (Å²) in [5, 5.41) is 0. The summed E-state index contributed by atoms with van der Waals surface area (Å²) in [6, 6.07) is 0. The van der Waals surface area contributed by atoms with E-state index in [4.69, 9.17) is 16.3 Å². The van der Waals surface area contributed by atoms with Crippen LogP contribution in [0.15, 0.2) is 0 Å². The lowest BCUT2D eigenvalue weighted by Gasteiger charge is -2.18. The molecule has 2 nitrogen and oxygen atoms in total. The minimum Gasteiger partial charge on any atom is -0.465 e. The van der Waals surface area contributed by atoms with Crippen LogP contribution >= 0.6 is 11.6 Å². The first-order chi connectivity index (χ1) is 5.04. The van der Waals surface area contributed by atoms with Gasteiger partial charge < -0.3 is 4.74 Å². The summed E-state index contributed by atoms with van der Waals surface area (Å²) >= 11 is 5.89. The molecule has 0 aromatic carbocycles. The Morgan fingerprint density at radius 2 is 2.09 bits per heavy atom. The second-order valence-electron chi connectivity index (χ2n) is 2.67. The number of hydrogen-bond donors (Lipinski definition) is 0. The number of ether oxygens (including phenoxy) is 1. The van der Waals surface area contributed by atoms with Crippen LogP contribution in [0.25, 0.3) is 0 Å². The monoisotopic (exact) mass is 178 g/mol. The summed E-state index contributed by atoms with van der Waals surface area (Å²) in [4.78, 5) is 10.3. The van der Waals surface area contributed by atoms with Gasteiger partial charge in [-0.3, -0.25) is 4.79 Å². The number of carbonyl (C=O) groups is 1. The minimum absolute atomic E-state index is 0.316. The molecule has 0 aromatic rings. The van der Waals surface area contributed by atoms with Crippen LogP contribution < -0.4 is 0 Å². The number of esters is 1. The molecule has 1 atom stereocenters. The molecule has 66 valence electrons. The molecule has 0 N–H and O–H groups in total. The van der Waals surface area contributed by atoms with Gasteiger partial charge in [-0.15, -0.1) is 11.6 Å². The zero-order valence-electron chi connectivity index (χ0n) is 7.32. The third-order valence-electron chi connectivity index (χ3n) is 1.42. The van der Waals surface area contributed by atoms with E-state index < -0.39 is 4.87 Å². The highest BCUT2D eigenvalue weighted by atomic mass is 35.5. The largest absolute Gasteiger partial charge is 0.465 e. The Kier molecular flexibility index (Phi) is 4.50. The highest BCUT2D eigenvalue weighted by Crippen LogP contribution is 2.22. The lowest BCUT2D eigenvalue weighted by atomic mass is 10.1. The van der Waals surface area contributed by atoms with Gasteiger partial charge >= 0.3 is 5.97 Å². The van der Waals surface area contributed by atoms with Gasteiger partial charge in [-0.2, -0.15) is 0 Å². The van der Waals surface area contributed by atoms with Gasteiger partial charge in [0.1, 0.15) is 4.87 Å². The van der Waals surface area contributed by atoms with Crippen molar-refractivity contribution in [1.82, 2.24) is 0 Å². The first-order valence-electron chi connectivity index (χ1n) is 3.90. The second-order valence-corrected chi connectivity index (χ2v) is 3.50. The Morgan fingerprint density at radius 3 is 2.45 bits per heavy atom. The highest BCUT2D eigenvalue weighted by molar-refractivity contribution is 6.33. The third kappa shape index (κ3) is 3.61. The van der Waals surface area contributed by atoms with Gasteiger partial charge in [0, 0.05) is 0 Å². The molecular formula is C8H15ClO2. The second kappa shape index (κ2) is 4.60. The molecule has 0 heterocycles. The van der Waals surface area contributed by atoms with Gasteiger partial charge in [0.15, 0.2) is 0 Å². The van der Waals surface area contributed by atoms with Gasteiger partial charge in [0.2, 0.25) is 0 Å². The highest BCUT2D eigenvalue weighted by Gasteiger charge is 2.30. The quantitative estimate of drug-likeness (QED) is 0.488. The number of carbonyl (C=O) groups excluding carboxylic acids is 1. The van der Waals surface area contributed by atoms with Crippen LogP contribution in [0.2, 0.25) is 0 Å². The van der Waals surface area contributed by atoms with Crippen molar-refractivity contribution in [3.8, 4) is 0 Å². The molecule has 1 unspecified atom stereocenters. The lowest BCUT2D eigenvalue weighted by molar-refractivity contribution is -0.146. The normalized spacial score (nSPS) is 15.6. The molecule has 3 heteroatoms. The lowest BCUT2D eigenvalue weighted by Crippen LogP contribution is -2.30. The summed E-state index contributed by atoms with van der Waals surface area (Å²) in [6.07, 6.45) is 1.55. The topological polar surface area (TPSA) is 26.3 Å². The molecule has 0 spiro atoms. The van der Waals surface area contributed by atoms with Crippen LogP contribution in [-0.4, -0.2) is 17.5 Å². The van der Waals surface area contributed by atoms with E-state index in [-0.39, 0.29) is 5.97 Å². The van der Waals surface area contributed by atoms with Crippen molar-refractivity contribution in [1.29, 1.82) is 0 Å². The molecule has 0 fully saturated rings. The number of hydrogen-bond acceptors (Lipinski definition) is 2. The van der Waals surface area contributed by atoms with E-state index in [2.05, 4.69) is 0 Å². The van der Waals surface area contributed by atoms with Crippen molar-refractivity contribution < 1.29 is 9.53 Å². The molecule has 0 saturated carbocycles. The summed E-state index contributed by atoms with van der Waals surface area (Å²) in [7, 11) is 0. The summed E-state index contributed by atoms with van der Waals surface area (Å²) in [5.41, 5.74) is 0. The van der Waals surface area contributed by atoms with Crippen LogP contribution in [0, 0.1) is 0 Å². The Bertz CT molecular complexity index is 132. The Morgan fingerprint density at radius 1 is 1.55 bits per heavy atom. The molecule has 0 rings (SSSR count). The molecule has 0 aromatic heterocycles. The number of rotatable bonds is 4. The van der Waals surface area contributed by atoms with E-state index in [1.54, 1.807) is 13.8 Å². The first-order valence-corrected chi connectivity index (χ1v) is 4.28. The van der Waals surface area contributed by atoms with Gasteiger partial charge in [0.05, 0.1) is 6.61 Å². The van der Waals surface area contributed by atoms with Gasteiger partial charge in [0.25, 0.3) is 0 Å². The Balaban J connectivity index is 3.94. The van der Waals surface area contributed by atoms with Crippen LogP contribution in [0.5, 0.6) is 0 Å². The van der Waals surface area contributed by atoms with E-state index in [0.29, 0.717) is 13.0 Å². The molecule has 0 radical (unpaired) electrons. The predicted octanol–water partition coefficient (Wildman–Crippen LogP) is 2.35. The average Bonchev–Trinajstić information content (AvgIpc) is 1.88. The summed E-state index contributed by atoms with van der Waals surface area (Å²) < 4.78 is 4.79. The molecule has 0 saturated heterocycles.